The second kappa shape index (κ2) is 14.0. The first-order valence-electron chi connectivity index (χ1n) is 13.4. The van der Waals surface area contributed by atoms with Crippen LogP contribution in [0.2, 0.25) is 0 Å². The van der Waals surface area contributed by atoms with E-state index < -0.39 is 12.6 Å². The molecule has 2 heterocycles. The maximum absolute atomic E-state index is 14.3. The van der Waals surface area contributed by atoms with Crippen molar-refractivity contribution in [3.63, 3.8) is 0 Å². The molecular weight excluding hydrogens is 644 g/mol. The minimum atomic E-state index is -0.646. The van der Waals surface area contributed by atoms with Gasteiger partial charge >= 0.3 is 0 Å². The van der Waals surface area contributed by atoms with Gasteiger partial charge in [-0.3, -0.25) is 9.59 Å². The lowest BCUT2D eigenvalue weighted by molar-refractivity contribution is -0.151. The van der Waals surface area contributed by atoms with Crippen molar-refractivity contribution in [2.75, 3.05) is 39.5 Å². The number of carbonyl (C=O) groups excluding carboxylic acids is 2. The third-order valence-electron chi connectivity index (χ3n) is 6.49. The summed E-state index contributed by atoms with van der Waals surface area (Å²) in [4.78, 5) is 31.9. The van der Waals surface area contributed by atoms with Gasteiger partial charge in [0, 0.05) is 35.4 Å². The third kappa shape index (κ3) is 6.42. The van der Waals surface area contributed by atoms with Gasteiger partial charge in [-0.1, -0.05) is 56.1 Å². The molecule has 214 valence electrons. The second-order valence-corrected chi connectivity index (χ2v) is 10.8. The number of rotatable bonds is 14. The molecule has 2 aliphatic heterocycles. The van der Waals surface area contributed by atoms with Gasteiger partial charge in [-0.05, 0) is 63.1 Å². The number of ether oxygens (including phenoxy) is 4. The van der Waals surface area contributed by atoms with E-state index in [0.717, 1.165) is 20.1 Å². The van der Waals surface area contributed by atoms with Crippen LogP contribution in [0.1, 0.15) is 38.8 Å². The summed E-state index contributed by atoms with van der Waals surface area (Å²) < 4.78 is 25.0. The van der Waals surface area contributed by atoms with Gasteiger partial charge in [0.25, 0.3) is 11.8 Å². The number of amides is 2. The average Bonchev–Trinajstić information content (AvgIpc) is 3.37. The van der Waals surface area contributed by atoms with Gasteiger partial charge in [-0.25, -0.2) is 0 Å². The van der Waals surface area contributed by atoms with Gasteiger partial charge in [-0.15, -0.1) is 0 Å². The fourth-order valence-electron chi connectivity index (χ4n) is 4.91. The third-order valence-corrected chi connectivity index (χ3v) is 7.55. The number of fused-ring (bicyclic) bond motifs is 1. The molecule has 4 rings (SSSR count). The van der Waals surface area contributed by atoms with Gasteiger partial charge in [0.2, 0.25) is 0 Å². The van der Waals surface area contributed by atoms with E-state index in [1.807, 2.05) is 76.2 Å². The van der Waals surface area contributed by atoms with Crippen LogP contribution in [0.4, 0.5) is 0 Å². The standard InChI is InChI=1S/C30H34Br2N2O6/c1-5-37-23(38-6-2)17-33-27(19-9-13-21(31)14-10-19)25-26(29(33)35)28(20-11-15-22(32)16-12-20)34(30(25)36)18-24(39-7-3)40-8-4/h9-16,23-24H,5-8,17-18H2,1-4H3. The van der Waals surface area contributed by atoms with Gasteiger partial charge in [0.05, 0.1) is 35.6 Å². The molecule has 2 aromatic carbocycles. The maximum Gasteiger partial charge on any atom is 0.261 e. The number of nitrogens with zero attached hydrogens (tertiary/aromatic N) is 2. The van der Waals surface area contributed by atoms with Crippen LogP contribution in [-0.2, 0) is 28.5 Å². The van der Waals surface area contributed by atoms with Crippen molar-refractivity contribution in [3.8, 4) is 0 Å². The zero-order valence-corrected chi connectivity index (χ0v) is 26.3. The Morgan fingerprint density at radius 2 is 0.875 bits per heavy atom. The predicted molar refractivity (Wildman–Crippen MR) is 160 cm³/mol. The van der Waals surface area contributed by atoms with Gasteiger partial charge < -0.3 is 28.7 Å². The van der Waals surface area contributed by atoms with Crippen molar-refractivity contribution >= 4 is 55.1 Å². The van der Waals surface area contributed by atoms with Crippen LogP contribution in [0.5, 0.6) is 0 Å². The van der Waals surface area contributed by atoms with E-state index in [0.29, 0.717) is 49.0 Å². The van der Waals surface area contributed by atoms with Crippen molar-refractivity contribution in [2.45, 2.75) is 40.3 Å². The smallest absolute Gasteiger partial charge is 0.261 e. The summed E-state index contributed by atoms with van der Waals surface area (Å²) in [6.07, 6.45) is -1.29. The van der Waals surface area contributed by atoms with Crippen LogP contribution in [0.25, 0.3) is 11.4 Å². The minimum absolute atomic E-state index is 0.139. The van der Waals surface area contributed by atoms with Crippen LogP contribution < -0.4 is 0 Å². The molecule has 0 N–H and O–H groups in total. The zero-order chi connectivity index (χ0) is 28.8. The molecule has 0 radical (unpaired) electrons. The molecule has 10 heteroatoms. The van der Waals surface area contributed by atoms with E-state index in [1.165, 1.54) is 0 Å². The monoisotopic (exact) mass is 676 g/mol. The quantitative estimate of drug-likeness (QED) is 0.235. The van der Waals surface area contributed by atoms with E-state index in [1.54, 1.807) is 9.80 Å². The van der Waals surface area contributed by atoms with E-state index >= 15 is 0 Å². The predicted octanol–water partition coefficient (Wildman–Crippen LogP) is 5.82. The van der Waals surface area contributed by atoms with Crippen LogP contribution in [0, 0.1) is 0 Å². The van der Waals surface area contributed by atoms with Crippen LogP contribution in [0.3, 0.4) is 0 Å². The fourth-order valence-corrected chi connectivity index (χ4v) is 5.44. The summed E-state index contributed by atoms with van der Waals surface area (Å²) in [5, 5.41) is 0. The molecule has 0 spiro atoms. The van der Waals surface area contributed by atoms with E-state index in [4.69, 9.17) is 18.9 Å². The Kier molecular flexibility index (Phi) is 10.7. The Balaban J connectivity index is 1.92. The molecule has 0 fully saturated rings. The van der Waals surface area contributed by atoms with Crippen LogP contribution in [-0.4, -0.2) is 73.7 Å². The Labute approximate surface area is 252 Å². The molecule has 0 atom stereocenters. The lowest BCUT2D eigenvalue weighted by Gasteiger charge is -2.29. The fraction of sp³-hybridized carbons (Fsp3) is 0.400. The minimum Gasteiger partial charge on any atom is -0.351 e. The van der Waals surface area contributed by atoms with Crippen molar-refractivity contribution in [1.82, 2.24) is 9.80 Å². The number of carbonyl (C=O) groups is 2. The van der Waals surface area contributed by atoms with Gasteiger partial charge in [-0.2, -0.15) is 0 Å². The Bertz CT molecular complexity index is 1160. The Morgan fingerprint density at radius 1 is 0.575 bits per heavy atom. The summed E-state index contributed by atoms with van der Waals surface area (Å²) in [5.74, 6) is -0.564. The normalized spacial score (nSPS) is 15.5. The molecule has 0 saturated carbocycles. The molecule has 2 aliphatic rings. The number of halogens is 2. The molecule has 2 amide bonds. The first-order valence-corrected chi connectivity index (χ1v) is 15.0. The second-order valence-electron chi connectivity index (χ2n) is 8.97. The summed E-state index contributed by atoms with van der Waals surface area (Å²) in [7, 11) is 0. The molecular formula is C30H34Br2N2O6. The maximum atomic E-state index is 14.3. The Hall–Kier alpha value is -2.34. The highest BCUT2D eigenvalue weighted by Gasteiger charge is 2.49. The zero-order valence-electron chi connectivity index (χ0n) is 23.1. The molecule has 0 aromatic heterocycles. The van der Waals surface area contributed by atoms with Crippen LogP contribution >= 0.6 is 31.9 Å². The topological polar surface area (TPSA) is 77.5 Å². The summed E-state index contributed by atoms with van der Waals surface area (Å²) in [6, 6.07) is 15.1. The highest BCUT2D eigenvalue weighted by Crippen LogP contribution is 2.47. The van der Waals surface area contributed by atoms with E-state index in [9.17, 15) is 9.59 Å². The average molecular weight is 678 g/mol. The van der Waals surface area contributed by atoms with Crippen molar-refractivity contribution in [1.29, 1.82) is 0 Å². The molecule has 0 unspecified atom stereocenters. The van der Waals surface area contributed by atoms with Gasteiger partial charge in [0.15, 0.2) is 12.6 Å². The molecule has 40 heavy (non-hydrogen) atoms. The SMILES string of the molecule is CCOC(CN1C(=O)C2=C(c3ccc(Br)cc3)N(CC(OCC)OCC)C(=O)C2=C1c1ccc(Br)cc1)OCC. The van der Waals surface area contributed by atoms with E-state index in [2.05, 4.69) is 31.9 Å². The highest BCUT2D eigenvalue weighted by molar-refractivity contribution is 9.10. The number of hydrogen-bond donors (Lipinski definition) is 0. The van der Waals surface area contributed by atoms with Crippen LogP contribution in [0.15, 0.2) is 68.6 Å². The summed E-state index contributed by atoms with van der Waals surface area (Å²) in [6.45, 7) is 9.49. The molecule has 8 nitrogen and oxygen atoms in total. The largest absolute Gasteiger partial charge is 0.351 e. The van der Waals surface area contributed by atoms with E-state index in [-0.39, 0.29) is 24.9 Å². The van der Waals surface area contributed by atoms with Crippen molar-refractivity contribution in [2.24, 2.45) is 0 Å². The molecule has 2 aromatic rings. The first-order chi connectivity index (χ1) is 19.3. The Morgan fingerprint density at radius 3 is 1.15 bits per heavy atom. The van der Waals surface area contributed by atoms with Gasteiger partial charge in [0.1, 0.15) is 0 Å². The lowest BCUT2D eigenvalue weighted by atomic mass is 10.0. The van der Waals surface area contributed by atoms with Crippen molar-refractivity contribution in [3.05, 3.63) is 79.7 Å². The summed E-state index contributed by atoms with van der Waals surface area (Å²) in [5.41, 5.74) is 3.24. The highest BCUT2D eigenvalue weighted by atomic mass is 79.9. The number of hydrogen-bond acceptors (Lipinski definition) is 6. The summed E-state index contributed by atoms with van der Waals surface area (Å²) >= 11 is 6.98. The molecule has 0 saturated heterocycles. The lowest BCUT2D eigenvalue weighted by Crippen LogP contribution is -2.39. The molecule has 0 bridgehead atoms. The molecule has 0 aliphatic carbocycles. The number of benzene rings is 2. The first kappa shape index (κ1) is 30.6. The van der Waals surface area contributed by atoms with Crippen molar-refractivity contribution < 1.29 is 28.5 Å².